The first-order valence-electron chi connectivity index (χ1n) is 7.00. The molecule has 0 saturated heterocycles. The second-order valence-corrected chi connectivity index (χ2v) is 5.71. The number of carbonyl (C=O) groups is 1. The van der Waals surface area contributed by atoms with Gasteiger partial charge in [-0.3, -0.25) is 4.79 Å². The Balaban J connectivity index is 2.49. The summed E-state index contributed by atoms with van der Waals surface area (Å²) in [7, 11) is 0. The van der Waals surface area contributed by atoms with Crippen LogP contribution in [0.15, 0.2) is 22.7 Å². The lowest BCUT2D eigenvalue weighted by Crippen LogP contribution is -2.12. The van der Waals surface area contributed by atoms with E-state index in [2.05, 4.69) is 22.9 Å². The van der Waals surface area contributed by atoms with Crippen LogP contribution >= 0.6 is 15.9 Å². The fourth-order valence-corrected chi connectivity index (χ4v) is 2.42. The SMILES string of the molecule is CCCOc1ccc(C(N)CCCCC(N)=O)cc1Br. The largest absolute Gasteiger partial charge is 0.492 e. The first-order chi connectivity index (χ1) is 9.54. The minimum atomic E-state index is -0.251. The van der Waals surface area contributed by atoms with Gasteiger partial charge in [-0.1, -0.05) is 19.4 Å². The predicted octanol–water partition coefficient (Wildman–Crippen LogP) is 3.28. The highest BCUT2D eigenvalue weighted by Gasteiger charge is 2.09. The molecular weight excluding hydrogens is 320 g/mol. The average Bonchev–Trinajstić information content (AvgIpc) is 2.41. The Bertz CT molecular complexity index is 438. The van der Waals surface area contributed by atoms with E-state index in [1.165, 1.54) is 0 Å². The molecule has 4 N–H and O–H groups in total. The molecule has 112 valence electrons. The average molecular weight is 343 g/mol. The number of halogens is 1. The summed E-state index contributed by atoms with van der Waals surface area (Å²) in [5, 5.41) is 0. The third-order valence-electron chi connectivity index (χ3n) is 3.03. The van der Waals surface area contributed by atoms with Crippen molar-refractivity contribution in [2.75, 3.05) is 6.61 Å². The summed E-state index contributed by atoms with van der Waals surface area (Å²) >= 11 is 3.50. The van der Waals surface area contributed by atoms with E-state index < -0.39 is 0 Å². The van der Waals surface area contributed by atoms with Crippen LogP contribution in [0.1, 0.15) is 50.6 Å². The van der Waals surface area contributed by atoms with E-state index in [0.29, 0.717) is 13.0 Å². The molecule has 4 nitrogen and oxygen atoms in total. The molecule has 0 spiro atoms. The van der Waals surface area contributed by atoms with E-state index in [4.69, 9.17) is 16.2 Å². The van der Waals surface area contributed by atoms with Crippen LogP contribution in [0.5, 0.6) is 5.75 Å². The fraction of sp³-hybridized carbons (Fsp3) is 0.533. The summed E-state index contributed by atoms with van der Waals surface area (Å²) in [5.41, 5.74) is 12.3. The normalized spacial score (nSPS) is 12.2. The zero-order valence-corrected chi connectivity index (χ0v) is 13.5. The number of primary amides is 1. The maximum atomic E-state index is 10.7. The lowest BCUT2D eigenvalue weighted by molar-refractivity contribution is -0.118. The van der Waals surface area contributed by atoms with Crippen molar-refractivity contribution in [1.29, 1.82) is 0 Å². The first kappa shape index (κ1) is 17.0. The van der Waals surface area contributed by atoms with Crippen LogP contribution in [0.2, 0.25) is 0 Å². The number of hydrogen-bond donors (Lipinski definition) is 2. The Morgan fingerprint density at radius 1 is 1.40 bits per heavy atom. The summed E-state index contributed by atoms with van der Waals surface area (Å²) in [4.78, 5) is 10.7. The number of nitrogens with two attached hydrogens (primary N) is 2. The Kier molecular flexibility index (Phi) is 7.62. The highest BCUT2D eigenvalue weighted by Crippen LogP contribution is 2.29. The molecule has 0 aliphatic carbocycles. The van der Waals surface area contributed by atoms with Crippen molar-refractivity contribution < 1.29 is 9.53 Å². The Morgan fingerprint density at radius 3 is 2.75 bits per heavy atom. The number of unbranched alkanes of at least 4 members (excludes halogenated alkanes) is 1. The Labute approximate surface area is 129 Å². The topological polar surface area (TPSA) is 78.3 Å². The van der Waals surface area contributed by atoms with Crippen molar-refractivity contribution in [2.24, 2.45) is 11.5 Å². The van der Waals surface area contributed by atoms with Crippen molar-refractivity contribution in [3.05, 3.63) is 28.2 Å². The van der Waals surface area contributed by atoms with Gasteiger partial charge in [-0.05, 0) is 52.9 Å². The number of rotatable bonds is 9. The van der Waals surface area contributed by atoms with Gasteiger partial charge in [0.15, 0.2) is 0 Å². The van der Waals surface area contributed by atoms with Gasteiger partial charge in [-0.15, -0.1) is 0 Å². The molecule has 0 saturated carbocycles. The van der Waals surface area contributed by atoms with Crippen LogP contribution in [0.3, 0.4) is 0 Å². The smallest absolute Gasteiger partial charge is 0.217 e. The van der Waals surface area contributed by atoms with Gasteiger partial charge < -0.3 is 16.2 Å². The standard InChI is InChI=1S/C15H23BrN2O2/c1-2-9-20-14-8-7-11(10-12(14)16)13(17)5-3-4-6-15(18)19/h7-8,10,13H,2-6,9,17H2,1H3,(H2,18,19). The summed E-state index contributed by atoms with van der Waals surface area (Å²) in [5.74, 6) is 0.593. The van der Waals surface area contributed by atoms with Crippen molar-refractivity contribution in [3.8, 4) is 5.75 Å². The van der Waals surface area contributed by atoms with E-state index in [9.17, 15) is 4.79 Å². The van der Waals surface area contributed by atoms with Gasteiger partial charge in [0.1, 0.15) is 5.75 Å². The second-order valence-electron chi connectivity index (χ2n) is 4.86. The van der Waals surface area contributed by atoms with E-state index in [0.717, 1.165) is 41.5 Å². The highest BCUT2D eigenvalue weighted by molar-refractivity contribution is 9.10. The van der Waals surface area contributed by atoms with Gasteiger partial charge in [-0.2, -0.15) is 0 Å². The number of amides is 1. The third-order valence-corrected chi connectivity index (χ3v) is 3.65. The number of benzene rings is 1. The molecule has 0 aromatic heterocycles. The number of hydrogen-bond acceptors (Lipinski definition) is 3. The molecule has 20 heavy (non-hydrogen) atoms. The second kappa shape index (κ2) is 8.97. The van der Waals surface area contributed by atoms with E-state index in [-0.39, 0.29) is 11.9 Å². The molecular formula is C15H23BrN2O2. The van der Waals surface area contributed by atoms with E-state index in [1.807, 2.05) is 18.2 Å². The maximum Gasteiger partial charge on any atom is 0.217 e. The van der Waals surface area contributed by atoms with Crippen LogP contribution in [0, 0.1) is 0 Å². The quantitative estimate of drug-likeness (QED) is 0.676. The van der Waals surface area contributed by atoms with Gasteiger partial charge in [0, 0.05) is 12.5 Å². The van der Waals surface area contributed by atoms with Gasteiger partial charge in [0.2, 0.25) is 5.91 Å². The monoisotopic (exact) mass is 342 g/mol. The minimum Gasteiger partial charge on any atom is -0.492 e. The molecule has 1 aromatic rings. The van der Waals surface area contributed by atoms with E-state index in [1.54, 1.807) is 0 Å². The lowest BCUT2D eigenvalue weighted by atomic mass is 10.0. The third kappa shape index (κ3) is 5.92. The Morgan fingerprint density at radius 2 is 2.15 bits per heavy atom. The highest BCUT2D eigenvalue weighted by atomic mass is 79.9. The van der Waals surface area contributed by atoms with Gasteiger partial charge in [0.05, 0.1) is 11.1 Å². The fourth-order valence-electron chi connectivity index (χ4n) is 1.91. The van der Waals surface area contributed by atoms with Crippen LogP contribution in [-0.2, 0) is 4.79 Å². The number of ether oxygens (including phenoxy) is 1. The van der Waals surface area contributed by atoms with Crippen LogP contribution in [-0.4, -0.2) is 12.5 Å². The molecule has 1 rings (SSSR count). The van der Waals surface area contributed by atoms with Crippen molar-refractivity contribution >= 4 is 21.8 Å². The van der Waals surface area contributed by atoms with Crippen LogP contribution < -0.4 is 16.2 Å². The van der Waals surface area contributed by atoms with Gasteiger partial charge >= 0.3 is 0 Å². The van der Waals surface area contributed by atoms with Crippen LogP contribution in [0.4, 0.5) is 0 Å². The zero-order valence-electron chi connectivity index (χ0n) is 11.9. The molecule has 5 heteroatoms. The summed E-state index contributed by atoms with van der Waals surface area (Å²) in [6.45, 7) is 2.78. The first-order valence-corrected chi connectivity index (χ1v) is 7.80. The van der Waals surface area contributed by atoms with Crippen molar-refractivity contribution in [2.45, 2.75) is 45.1 Å². The molecule has 0 aliphatic rings. The number of carbonyl (C=O) groups excluding carboxylic acids is 1. The molecule has 0 bridgehead atoms. The predicted molar refractivity (Wildman–Crippen MR) is 84.5 cm³/mol. The summed E-state index contributed by atoms with van der Waals surface area (Å²) in [6, 6.07) is 5.91. The molecule has 1 atom stereocenters. The van der Waals surface area contributed by atoms with Gasteiger partial charge in [-0.25, -0.2) is 0 Å². The summed E-state index contributed by atoms with van der Waals surface area (Å²) in [6.07, 6.45) is 3.94. The molecule has 0 aliphatic heterocycles. The molecule has 0 radical (unpaired) electrons. The van der Waals surface area contributed by atoms with Crippen molar-refractivity contribution in [3.63, 3.8) is 0 Å². The summed E-state index contributed by atoms with van der Waals surface area (Å²) < 4.78 is 6.53. The van der Waals surface area contributed by atoms with E-state index >= 15 is 0 Å². The maximum absolute atomic E-state index is 10.7. The van der Waals surface area contributed by atoms with Crippen LogP contribution in [0.25, 0.3) is 0 Å². The molecule has 0 fully saturated rings. The molecule has 1 amide bonds. The molecule has 0 heterocycles. The van der Waals surface area contributed by atoms with Crippen molar-refractivity contribution in [1.82, 2.24) is 0 Å². The Hall–Kier alpha value is -1.07. The molecule has 1 unspecified atom stereocenters. The van der Waals surface area contributed by atoms with Gasteiger partial charge in [0.25, 0.3) is 0 Å². The zero-order chi connectivity index (χ0) is 15.0. The minimum absolute atomic E-state index is 0.0283. The molecule has 1 aromatic carbocycles. The lowest BCUT2D eigenvalue weighted by Gasteiger charge is -2.14.